The van der Waals surface area contributed by atoms with Gasteiger partial charge < -0.3 is 4.74 Å². The van der Waals surface area contributed by atoms with E-state index in [0.717, 1.165) is 20.2 Å². The molecule has 0 bridgehead atoms. The van der Waals surface area contributed by atoms with Crippen molar-refractivity contribution in [3.8, 4) is 5.75 Å². The molecule has 0 aromatic heterocycles. The summed E-state index contributed by atoms with van der Waals surface area (Å²) in [5.74, 6) is -1.24. The third-order valence-corrected chi connectivity index (χ3v) is 6.94. The number of nitrogens with zero attached hydrogens (tertiary/aromatic N) is 1. The zero-order chi connectivity index (χ0) is 23.5. The monoisotopic (exact) mass is 593 g/mol. The van der Waals surface area contributed by atoms with Gasteiger partial charge in [0.1, 0.15) is 11.6 Å². The van der Waals surface area contributed by atoms with Gasteiger partial charge in [-0.05, 0) is 82.4 Å². The highest BCUT2D eigenvalue weighted by atomic mass is 127. The largest absolute Gasteiger partial charge is 0.423 e. The van der Waals surface area contributed by atoms with Gasteiger partial charge in [-0.3, -0.25) is 14.5 Å². The molecule has 1 aliphatic rings. The second kappa shape index (κ2) is 10.1. The molecule has 166 valence electrons. The Labute approximate surface area is 211 Å². The maximum absolute atomic E-state index is 14.1. The number of hydrogen-bond donors (Lipinski definition) is 0. The molecular formula is C24H14ClFINO4S. The average Bonchev–Trinajstić information content (AvgIpc) is 3.05. The van der Waals surface area contributed by atoms with Crippen molar-refractivity contribution in [1.82, 2.24) is 4.90 Å². The van der Waals surface area contributed by atoms with Crippen LogP contribution in [0.15, 0.2) is 71.6 Å². The summed E-state index contributed by atoms with van der Waals surface area (Å²) >= 11 is 8.85. The van der Waals surface area contributed by atoms with Crippen LogP contribution in [0.3, 0.4) is 0 Å². The first-order valence-electron chi connectivity index (χ1n) is 9.58. The summed E-state index contributed by atoms with van der Waals surface area (Å²) in [5.41, 5.74) is 1.19. The van der Waals surface area contributed by atoms with E-state index >= 15 is 0 Å². The molecule has 5 nitrogen and oxygen atoms in total. The summed E-state index contributed by atoms with van der Waals surface area (Å²) in [6, 6.07) is 17.8. The number of rotatable bonds is 5. The zero-order valence-electron chi connectivity index (χ0n) is 16.8. The van der Waals surface area contributed by atoms with Gasteiger partial charge in [0.15, 0.2) is 0 Å². The quantitative estimate of drug-likeness (QED) is 0.146. The fourth-order valence-electron chi connectivity index (χ4n) is 3.05. The van der Waals surface area contributed by atoms with E-state index in [1.165, 1.54) is 18.2 Å². The molecule has 0 N–H and O–H groups in total. The van der Waals surface area contributed by atoms with E-state index in [1.54, 1.807) is 42.5 Å². The SMILES string of the molecule is O=C(Oc1ccc(/C=C2\SC(=O)N(Cc3c(F)cccc3Cl)C2=O)cc1)c1ccccc1I. The Balaban J connectivity index is 1.47. The van der Waals surface area contributed by atoms with Gasteiger partial charge >= 0.3 is 5.97 Å². The van der Waals surface area contributed by atoms with Gasteiger partial charge in [0.2, 0.25) is 0 Å². The Kier molecular flexibility index (Phi) is 7.16. The second-order valence-electron chi connectivity index (χ2n) is 6.91. The van der Waals surface area contributed by atoms with Crippen molar-refractivity contribution < 1.29 is 23.5 Å². The molecule has 1 saturated heterocycles. The highest BCUT2D eigenvalue weighted by molar-refractivity contribution is 14.1. The molecular weight excluding hydrogens is 580 g/mol. The van der Waals surface area contributed by atoms with Crippen LogP contribution in [0, 0.1) is 9.39 Å². The molecule has 1 aliphatic heterocycles. The lowest BCUT2D eigenvalue weighted by Crippen LogP contribution is -2.28. The molecule has 0 atom stereocenters. The van der Waals surface area contributed by atoms with Crippen LogP contribution in [0.1, 0.15) is 21.5 Å². The van der Waals surface area contributed by atoms with Crippen molar-refractivity contribution >= 4 is 69.1 Å². The van der Waals surface area contributed by atoms with Crippen LogP contribution in [-0.4, -0.2) is 22.0 Å². The van der Waals surface area contributed by atoms with Crippen LogP contribution in [-0.2, 0) is 11.3 Å². The molecule has 1 heterocycles. The topological polar surface area (TPSA) is 63.7 Å². The van der Waals surface area contributed by atoms with E-state index in [9.17, 15) is 18.8 Å². The van der Waals surface area contributed by atoms with Gasteiger partial charge in [-0.25, -0.2) is 9.18 Å². The molecule has 0 radical (unpaired) electrons. The second-order valence-corrected chi connectivity index (χ2v) is 9.47. The Hall–Kier alpha value is -2.69. The maximum Gasteiger partial charge on any atom is 0.344 e. The van der Waals surface area contributed by atoms with E-state index in [0.29, 0.717) is 16.9 Å². The number of thioether (sulfide) groups is 1. The predicted octanol–water partition coefficient (Wildman–Crippen LogP) is 6.54. The lowest BCUT2D eigenvalue weighted by atomic mass is 10.2. The molecule has 9 heteroatoms. The van der Waals surface area contributed by atoms with Crippen molar-refractivity contribution in [2.75, 3.05) is 0 Å². The first-order valence-corrected chi connectivity index (χ1v) is 11.9. The number of carbonyl (C=O) groups excluding carboxylic acids is 3. The van der Waals surface area contributed by atoms with E-state index in [-0.39, 0.29) is 22.0 Å². The third-order valence-electron chi connectivity index (χ3n) is 4.73. The summed E-state index contributed by atoms with van der Waals surface area (Å²) in [6.07, 6.45) is 1.56. The number of ether oxygens (including phenoxy) is 1. The first kappa shape index (κ1) is 23.5. The minimum Gasteiger partial charge on any atom is -0.423 e. The van der Waals surface area contributed by atoms with Gasteiger partial charge in [-0.1, -0.05) is 41.9 Å². The number of benzene rings is 3. The summed E-state index contributed by atoms with van der Waals surface area (Å²) in [6.45, 7) is -0.249. The molecule has 0 aliphatic carbocycles. The smallest absolute Gasteiger partial charge is 0.344 e. The number of imide groups is 1. The molecule has 0 unspecified atom stereocenters. The van der Waals surface area contributed by atoms with Crippen molar-refractivity contribution in [2.45, 2.75) is 6.54 Å². The molecule has 0 spiro atoms. The maximum atomic E-state index is 14.1. The van der Waals surface area contributed by atoms with E-state index < -0.39 is 22.9 Å². The minimum absolute atomic E-state index is 0.0852. The van der Waals surface area contributed by atoms with Gasteiger partial charge in [0.25, 0.3) is 11.1 Å². The number of esters is 1. The number of amides is 2. The van der Waals surface area contributed by atoms with E-state index in [1.807, 2.05) is 12.1 Å². The molecule has 0 saturated carbocycles. The molecule has 3 aromatic rings. The average molecular weight is 594 g/mol. The molecule has 33 heavy (non-hydrogen) atoms. The number of hydrogen-bond acceptors (Lipinski definition) is 5. The molecule has 1 fully saturated rings. The first-order chi connectivity index (χ1) is 15.8. The van der Waals surface area contributed by atoms with Gasteiger partial charge in [-0.15, -0.1) is 0 Å². The summed E-state index contributed by atoms with van der Waals surface area (Å²) in [4.78, 5) is 38.6. The van der Waals surface area contributed by atoms with Crippen molar-refractivity contribution in [3.63, 3.8) is 0 Å². The fraction of sp³-hybridized carbons (Fsp3) is 0.0417. The molecule has 4 rings (SSSR count). The fourth-order valence-corrected chi connectivity index (χ4v) is 4.72. The summed E-state index contributed by atoms with van der Waals surface area (Å²) in [5, 5.41) is -0.359. The summed E-state index contributed by atoms with van der Waals surface area (Å²) < 4.78 is 20.3. The number of carbonyl (C=O) groups is 3. The minimum atomic E-state index is -0.583. The van der Waals surface area contributed by atoms with Crippen LogP contribution in [0.2, 0.25) is 5.02 Å². The molecule has 3 aromatic carbocycles. The van der Waals surface area contributed by atoms with Crippen LogP contribution in [0.25, 0.3) is 6.08 Å². The third kappa shape index (κ3) is 5.29. The molecule has 2 amide bonds. The number of halogens is 3. The lowest BCUT2D eigenvalue weighted by molar-refractivity contribution is -0.123. The normalized spacial score (nSPS) is 14.8. The Morgan fingerprint density at radius 1 is 1.06 bits per heavy atom. The van der Waals surface area contributed by atoms with Crippen molar-refractivity contribution in [1.29, 1.82) is 0 Å². The van der Waals surface area contributed by atoms with Gasteiger partial charge in [0, 0.05) is 14.2 Å². The lowest BCUT2D eigenvalue weighted by Gasteiger charge is -2.14. The Bertz CT molecular complexity index is 1280. The van der Waals surface area contributed by atoms with Crippen LogP contribution >= 0.6 is 46.0 Å². The van der Waals surface area contributed by atoms with E-state index in [4.69, 9.17) is 16.3 Å². The van der Waals surface area contributed by atoms with Crippen LogP contribution < -0.4 is 4.74 Å². The zero-order valence-corrected chi connectivity index (χ0v) is 20.5. The Morgan fingerprint density at radius 3 is 2.48 bits per heavy atom. The van der Waals surface area contributed by atoms with Gasteiger partial charge in [0.05, 0.1) is 17.0 Å². The van der Waals surface area contributed by atoms with Crippen LogP contribution in [0.5, 0.6) is 5.75 Å². The summed E-state index contributed by atoms with van der Waals surface area (Å²) in [7, 11) is 0. The Morgan fingerprint density at radius 2 is 1.79 bits per heavy atom. The van der Waals surface area contributed by atoms with E-state index in [2.05, 4.69) is 22.6 Å². The van der Waals surface area contributed by atoms with Crippen molar-refractivity contribution in [3.05, 3.63) is 103 Å². The predicted molar refractivity (Wildman–Crippen MR) is 133 cm³/mol. The highest BCUT2D eigenvalue weighted by Crippen LogP contribution is 2.34. The van der Waals surface area contributed by atoms with Crippen LogP contribution in [0.4, 0.5) is 9.18 Å². The van der Waals surface area contributed by atoms with Gasteiger partial charge in [-0.2, -0.15) is 0 Å². The standard InChI is InChI=1S/C24H14ClFINO4S/c25-18-5-3-6-19(26)17(18)13-28-22(29)21(33-24(28)31)12-14-8-10-15(11-9-14)32-23(30)16-4-1-2-7-20(16)27/h1-12H,13H2/b21-12-. The highest BCUT2D eigenvalue weighted by Gasteiger charge is 2.35. The van der Waals surface area contributed by atoms with Crippen molar-refractivity contribution in [2.24, 2.45) is 0 Å².